The van der Waals surface area contributed by atoms with Crippen LogP contribution in [0.25, 0.3) is 0 Å². The van der Waals surface area contributed by atoms with Gasteiger partial charge in [0.25, 0.3) is 0 Å². The molecular formula is C10H12BrN3OS. The van der Waals surface area contributed by atoms with E-state index in [0.29, 0.717) is 11.3 Å². The minimum atomic E-state index is -0.222. The standard InChI is InChI=1S/C10H12BrN3OS/c1-14(2)10(15)13-8-4-3-6(11)5-7(8)9(12)16/h3-5H,1-2H3,(H2,12,16)(H,13,15). The van der Waals surface area contributed by atoms with E-state index in [9.17, 15) is 4.79 Å². The number of carbonyl (C=O) groups excluding carboxylic acids is 1. The van der Waals surface area contributed by atoms with Crippen LogP contribution in [-0.4, -0.2) is 30.0 Å². The number of hydrogen-bond acceptors (Lipinski definition) is 2. The highest BCUT2D eigenvalue weighted by atomic mass is 79.9. The van der Waals surface area contributed by atoms with E-state index in [1.807, 2.05) is 6.07 Å². The van der Waals surface area contributed by atoms with Crippen LogP contribution in [0.15, 0.2) is 22.7 Å². The molecule has 0 aliphatic heterocycles. The van der Waals surface area contributed by atoms with Gasteiger partial charge in [-0.15, -0.1) is 0 Å². The van der Waals surface area contributed by atoms with Crippen LogP contribution in [0.5, 0.6) is 0 Å². The summed E-state index contributed by atoms with van der Waals surface area (Å²) in [5, 5.41) is 2.72. The van der Waals surface area contributed by atoms with Gasteiger partial charge in [-0.05, 0) is 18.2 Å². The molecule has 0 aliphatic carbocycles. The molecule has 0 unspecified atom stereocenters. The van der Waals surface area contributed by atoms with Crippen LogP contribution in [0.2, 0.25) is 0 Å². The van der Waals surface area contributed by atoms with Crippen molar-refractivity contribution in [1.82, 2.24) is 4.90 Å². The van der Waals surface area contributed by atoms with E-state index in [2.05, 4.69) is 21.2 Å². The monoisotopic (exact) mass is 301 g/mol. The number of nitrogens with zero attached hydrogens (tertiary/aromatic N) is 1. The Labute approximate surface area is 108 Å². The van der Waals surface area contributed by atoms with Crippen LogP contribution in [0.4, 0.5) is 10.5 Å². The first kappa shape index (κ1) is 12.9. The fraction of sp³-hybridized carbons (Fsp3) is 0.200. The minimum Gasteiger partial charge on any atom is -0.389 e. The molecule has 86 valence electrons. The molecular weight excluding hydrogens is 290 g/mol. The number of hydrogen-bond donors (Lipinski definition) is 2. The number of thiocarbonyl (C=S) groups is 1. The first-order valence-corrected chi connectivity index (χ1v) is 5.69. The Balaban J connectivity index is 3.04. The second kappa shape index (κ2) is 5.27. The van der Waals surface area contributed by atoms with Gasteiger partial charge in [0.1, 0.15) is 4.99 Å². The van der Waals surface area contributed by atoms with Crippen molar-refractivity contribution in [2.75, 3.05) is 19.4 Å². The van der Waals surface area contributed by atoms with Crippen molar-refractivity contribution in [3.8, 4) is 0 Å². The molecule has 4 nitrogen and oxygen atoms in total. The predicted molar refractivity (Wildman–Crippen MR) is 72.7 cm³/mol. The van der Waals surface area contributed by atoms with Crippen molar-refractivity contribution in [2.24, 2.45) is 5.73 Å². The molecule has 0 radical (unpaired) electrons. The number of rotatable bonds is 2. The Morgan fingerprint density at radius 1 is 1.50 bits per heavy atom. The Hall–Kier alpha value is -1.14. The molecule has 0 aliphatic rings. The maximum atomic E-state index is 11.5. The van der Waals surface area contributed by atoms with Crippen LogP contribution in [0.3, 0.4) is 0 Å². The molecule has 0 heterocycles. The number of carbonyl (C=O) groups is 1. The van der Waals surface area contributed by atoms with Gasteiger partial charge in [-0.3, -0.25) is 0 Å². The average molecular weight is 302 g/mol. The smallest absolute Gasteiger partial charge is 0.321 e. The van der Waals surface area contributed by atoms with Crippen molar-refractivity contribution in [3.05, 3.63) is 28.2 Å². The second-order valence-corrected chi connectivity index (χ2v) is 4.73. The van der Waals surface area contributed by atoms with Crippen LogP contribution in [-0.2, 0) is 0 Å². The first-order valence-electron chi connectivity index (χ1n) is 4.49. The Kier molecular flexibility index (Phi) is 4.26. The van der Waals surface area contributed by atoms with E-state index in [4.69, 9.17) is 18.0 Å². The first-order chi connectivity index (χ1) is 7.41. The van der Waals surface area contributed by atoms with Crippen molar-refractivity contribution >= 4 is 44.9 Å². The molecule has 16 heavy (non-hydrogen) atoms. The summed E-state index contributed by atoms with van der Waals surface area (Å²) in [5.41, 5.74) is 6.83. The van der Waals surface area contributed by atoms with Gasteiger partial charge < -0.3 is 16.0 Å². The molecule has 6 heteroatoms. The fourth-order valence-electron chi connectivity index (χ4n) is 1.06. The Bertz CT molecular complexity index is 434. The summed E-state index contributed by atoms with van der Waals surface area (Å²) in [5.74, 6) is 0. The quantitative estimate of drug-likeness (QED) is 0.823. The lowest BCUT2D eigenvalue weighted by Crippen LogP contribution is -2.28. The Morgan fingerprint density at radius 3 is 2.62 bits per heavy atom. The summed E-state index contributed by atoms with van der Waals surface area (Å²) in [6, 6.07) is 5.11. The molecule has 0 aromatic heterocycles. The van der Waals surface area contributed by atoms with Gasteiger partial charge in [-0.25, -0.2) is 4.79 Å². The molecule has 3 N–H and O–H groups in total. The predicted octanol–water partition coefficient (Wildman–Crippen LogP) is 2.18. The average Bonchev–Trinajstić information content (AvgIpc) is 2.20. The zero-order valence-corrected chi connectivity index (χ0v) is 11.4. The normalized spacial score (nSPS) is 9.69. The minimum absolute atomic E-state index is 0.222. The summed E-state index contributed by atoms with van der Waals surface area (Å²) in [4.78, 5) is 13.2. The number of halogens is 1. The molecule has 0 spiro atoms. The van der Waals surface area contributed by atoms with E-state index < -0.39 is 0 Å². The SMILES string of the molecule is CN(C)C(=O)Nc1ccc(Br)cc1C(N)=S. The lowest BCUT2D eigenvalue weighted by Gasteiger charge is -2.14. The van der Waals surface area contributed by atoms with Crippen LogP contribution >= 0.6 is 28.1 Å². The van der Waals surface area contributed by atoms with Gasteiger partial charge in [0.05, 0.1) is 5.69 Å². The van der Waals surface area contributed by atoms with Crippen molar-refractivity contribution in [2.45, 2.75) is 0 Å². The van der Waals surface area contributed by atoms with Crippen LogP contribution in [0, 0.1) is 0 Å². The zero-order valence-electron chi connectivity index (χ0n) is 8.95. The number of amides is 2. The van der Waals surface area contributed by atoms with Crippen LogP contribution in [0.1, 0.15) is 5.56 Å². The number of nitrogens with two attached hydrogens (primary N) is 1. The van der Waals surface area contributed by atoms with E-state index in [1.54, 1.807) is 26.2 Å². The van der Waals surface area contributed by atoms with E-state index in [0.717, 1.165) is 4.47 Å². The molecule has 0 fully saturated rings. The fourth-order valence-corrected chi connectivity index (χ4v) is 1.59. The summed E-state index contributed by atoms with van der Waals surface area (Å²) in [6.45, 7) is 0. The number of anilines is 1. The van der Waals surface area contributed by atoms with Gasteiger partial charge in [0, 0.05) is 24.1 Å². The van der Waals surface area contributed by atoms with Gasteiger partial charge in [-0.2, -0.15) is 0 Å². The van der Waals surface area contributed by atoms with Gasteiger partial charge >= 0.3 is 6.03 Å². The summed E-state index contributed by atoms with van der Waals surface area (Å²) in [6.07, 6.45) is 0. The molecule has 1 aromatic carbocycles. The molecule has 0 saturated heterocycles. The summed E-state index contributed by atoms with van der Waals surface area (Å²) in [7, 11) is 3.32. The third-order valence-corrected chi connectivity index (χ3v) is 2.61. The topological polar surface area (TPSA) is 58.4 Å². The number of nitrogens with one attached hydrogen (secondary N) is 1. The maximum absolute atomic E-state index is 11.5. The van der Waals surface area contributed by atoms with Crippen molar-refractivity contribution < 1.29 is 4.79 Å². The van der Waals surface area contributed by atoms with Gasteiger partial charge in [0.15, 0.2) is 0 Å². The lowest BCUT2D eigenvalue weighted by atomic mass is 10.2. The molecule has 2 amide bonds. The highest BCUT2D eigenvalue weighted by molar-refractivity contribution is 9.10. The highest BCUT2D eigenvalue weighted by Crippen LogP contribution is 2.21. The maximum Gasteiger partial charge on any atom is 0.321 e. The number of benzene rings is 1. The van der Waals surface area contributed by atoms with E-state index in [-0.39, 0.29) is 11.0 Å². The summed E-state index contributed by atoms with van der Waals surface area (Å²) >= 11 is 8.24. The van der Waals surface area contributed by atoms with E-state index in [1.165, 1.54) is 4.90 Å². The highest BCUT2D eigenvalue weighted by Gasteiger charge is 2.10. The summed E-state index contributed by atoms with van der Waals surface area (Å²) < 4.78 is 0.859. The van der Waals surface area contributed by atoms with Crippen LogP contribution < -0.4 is 11.1 Å². The van der Waals surface area contributed by atoms with Crippen molar-refractivity contribution in [3.63, 3.8) is 0 Å². The van der Waals surface area contributed by atoms with Crippen molar-refractivity contribution in [1.29, 1.82) is 0 Å². The molecule has 0 bridgehead atoms. The van der Waals surface area contributed by atoms with Gasteiger partial charge in [-0.1, -0.05) is 28.1 Å². The number of urea groups is 1. The third kappa shape index (κ3) is 3.18. The zero-order chi connectivity index (χ0) is 12.3. The molecule has 1 aromatic rings. The lowest BCUT2D eigenvalue weighted by molar-refractivity contribution is 0.230. The van der Waals surface area contributed by atoms with Gasteiger partial charge in [0.2, 0.25) is 0 Å². The van der Waals surface area contributed by atoms with E-state index >= 15 is 0 Å². The Morgan fingerprint density at radius 2 is 2.12 bits per heavy atom. The molecule has 0 atom stereocenters. The second-order valence-electron chi connectivity index (χ2n) is 3.38. The largest absolute Gasteiger partial charge is 0.389 e. The molecule has 1 rings (SSSR count). The molecule has 0 saturated carbocycles. The third-order valence-electron chi connectivity index (χ3n) is 1.89.